The number of quaternary nitrogens is 1. The van der Waals surface area contributed by atoms with Gasteiger partial charge in [0.2, 0.25) is 0 Å². The number of allylic oxidation sites excluding steroid dienone is 1. The quantitative estimate of drug-likeness (QED) is 0.296. The fourth-order valence-electron chi connectivity index (χ4n) is 4.90. The summed E-state index contributed by atoms with van der Waals surface area (Å²) in [6, 6.07) is 5.43. The number of amides is 2. The first kappa shape index (κ1) is 26.2. The molecule has 4 rings (SSSR count). The molecule has 2 aliphatic rings. The van der Waals surface area contributed by atoms with Crippen LogP contribution in [0.2, 0.25) is 0 Å². The average molecular weight is 515 g/mol. The van der Waals surface area contributed by atoms with Crippen LogP contribution in [0.5, 0.6) is 0 Å². The summed E-state index contributed by atoms with van der Waals surface area (Å²) in [4.78, 5) is 23.6. The molecule has 1 aliphatic carbocycles. The lowest BCUT2D eigenvalue weighted by Crippen LogP contribution is -2.80. The minimum atomic E-state index is -2.95. The number of sulfone groups is 1. The van der Waals surface area contributed by atoms with E-state index in [1.54, 1.807) is 12.3 Å². The van der Waals surface area contributed by atoms with Crippen LogP contribution in [-0.2, 0) is 9.84 Å². The number of nitrogens with two attached hydrogens (primary N) is 1. The number of urea groups is 1. The van der Waals surface area contributed by atoms with Gasteiger partial charge in [-0.2, -0.15) is 0 Å². The van der Waals surface area contributed by atoms with Crippen LogP contribution in [0, 0.1) is 5.41 Å². The number of likely N-dealkylation sites (tertiary alicyclic amines) is 1. The first-order valence-corrected chi connectivity index (χ1v) is 14.6. The predicted octanol–water partition coefficient (Wildman–Crippen LogP) is 1.76. The van der Waals surface area contributed by atoms with Crippen molar-refractivity contribution in [2.75, 3.05) is 37.8 Å². The van der Waals surface area contributed by atoms with E-state index in [2.05, 4.69) is 25.5 Å². The van der Waals surface area contributed by atoms with E-state index in [1.165, 1.54) is 12.5 Å². The van der Waals surface area contributed by atoms with Crippen molar-refractivity contribution < 1.29 is 18.5 Å². The third kappa shape index (κ3) is 7.08. The van der Waals surface area contributed by atoms with Crippen LogP contribution >= 0.6 is 0 Å². The lowest BCUT2D eigenvalue weighted by molar-refractivity contribution is -0.586. The van der Waals surface area contributed by atoms with Gasteiger partial charge >= 0.3 is 6.03 Å². The van der Waals surface area contributed by atoms with E-state index < -0.39 is 9.84 Å². The first-order valence-electron chi connectivity index (χ1n) is 12.6. The molecule has 11 heteroatoms. The summed E-state index contributed by atoms with van der Waals surface area (Å²) in [5.74, 6) is 0.462. The van der Waals surface area contributed by atoms with Crippen LogP contribution in [0.3, 0.4) is 0 Å². The molecule has 0 radical (unpaired) electrons. The molecule has 194 valence electrons. The Morgan fingerprint density at radius 2 is 1.94 bits per heavy atom. The third-order valence-electron chi connectivity index (χ3n) is 7.01. The topological polar surface area (TPSA) is 145 Å². The van der Waals surface area contributed by atoms with Gasteiger partial charge in [0.1, 0.15) is 21.9 Å². The average Bonchev–Trinajstić information content (AvgIpc) is 3.36. The number of hydrogen-bond donors (Lipinski definition) is 4. The molecule has 5 N–H and O–H groups in total. The summed E-state index contributed by atoms with van der Waals surface area (Å²) < 4.78 is 23.4. The maximum atomic E-state index is 12.3. The number of hydrogen-bond acceptors (Lipinski definition) is 7. The number of nitrogens with one attached hydrogen (secondary N) is 3. The lowest BCUT2D eigenvalue weighted by atomic mass is 10.1. The summed E-state index contributed by atoms with van der Waals surface area (Å²) >= 11 is 0. The first-order chi connectivity index (χ1) is 17.3. The number of aromatic nitrogens is 2. The van der Waals surface area contributed by atoms with Crippen LogP contribution in [0.4, 0.5) is 10.6 Å². The Morgan fingerprint density at radius 1 is 1.19 bits per heavy atom. The number of anilines is 1. The SMILES string of the molecule is CS(=O)(=O)C1CCN(CC[NH2+]/C=C(\C=N)c2cnc3ccc(NC(=O)NC4CCCC4)nc3c2)CC1. The molecule has 10 nitrogen and oxygen atoms in total. The zero-order valence-corrected chi connectivity index (χ0v) is 21.6. The van der Waals surface area contributed by atoms with Gasteiger partial charge < -0.3 is 16.0 Å². The molecule has 1 saturated carbocycles. The highest BCUT2D eigenvalue weighted by molar-refractivity contribution is 7.91. The molecule has 2 aromatic rings. The largest absolute Gasteiger partial charge is 0.335 e. The molecule has 2 amide bonds. The Kier molecular flexibility index (Phi) is 8.65. The van der Waals surface area contributed by atoms with Crippen LogP contribution in [-0.4, -0.2) is 79.3 Å². The van der Waals surface area contributed by atoms with E-state index in [0.29, 0.717) is 29.7 Å². The van der Waals surface area contributed by atoms with Gasteiger partial charge in [-0.1, -0.05) is 12.8 Å². The van der Waals surface area contributed by atoms with Crippen molar-refractivity contribution in [3.05, 3.63) is 36.2 Å². The van der Waals surface area contributed by atoms with Crippen molar-refractivity contribution in [2.24, 2.45) is 0 Å². The normalized spacial score (nSPS) is 18.4. The van der Waals surface area contributed by atoms with Crippen LogP contribution < -0.4 is 16.0 Å². The van der Waals surface area contributed by atoms with E-state index in [0.717, 1.165) is 63.0 Å². The maximum Gasteiger partial charge on any atom is 0.320 e. The van der Waals surface area contributed by atoms with Crippen LogP contribution in [0.25, 0.3) is 16.6 Å². The highest BCUT2D eigenvalue weighted by atomic mass is 32.2. The Morgan fingerprint density at radius 3 is 2.64 bits per heavy atom. The van der Waals surface area contributed by atoms with E-state index in [1.807, 2.05) is 23.6 Å². The number of piperidine rings is 1. The van der Waals surface area contributed by atoms with Gasteiger partial charge in [0.25, 0.3) is 0 Å². The predicted molar refractivity (Wildman–Crippen MR) is 142 cm³/mol. The summed E-state index contributed by atoms with van der Waals surface area (Å²) in [7, 11) is -2.95. The molecule has 0 bridgehead atoms. The summed E-state index contributed by atoms with van der Waals surface area (Å²) in [6.07, 6.45) is 12.0. The molecular weight excluding hydrogens is 478 g/mol. The number of fused-ring (bicyclic) bond motifs is 1. The molecule has 3 heterocycles. The molecule has 0 unspecified atom stereocenters. The van der Waals surface area contributed by atoms with Gasteiger partial charge in [0, 0.05) is 36.8 Å². The number of pyridine rings is 2. The van der Waals surface area contributed by atoms with E-state index >= 15 is 0 Å². The van der Waals surface area contributed by atoms with Crippen molar-refractivity contribution in [3.8, 4) is 0 Å². The Bertz CT molecular complexity index is 1220. The molecule has 1 aliphatic heterocycles. The van der Waals surface area contributed by atoms with Crippen molar-refractivity contribution in [2.45, 2.75) is 49.8 Å². The number of rotatable bonds is 9. The molecule has 2 fully saturated rings. The van der Waals surface area contributed by atoms with E-state index in [-0.39, 0.29) is 17.3 Å². The van der Waals surface area contributed by atoms with E-state index in [4.69, 9.17) is 5.41 Å². The smallest absolute Gasteiger partial charge is 0.320 e. The third-order valence-corrected chi connectivity index (χ3v) is 8.69. The second kappa shape index (κ2) is 11.9. The molecule has 36 heavy (non-hydrogen) atoms. The second-order valence-electron chi connectivity index (χ2n) is 9.70. The number of nitrogens with zero attached hydrogens (tertiary/aromatic N) is 3. The van der Waals surface area contributed by atoms with Crippen LogP contribution in [0.1, 0.15) is 44.1 Å². The van der Waals surface area contributed by atoms with Gasteiger partial charge in [-0.25, -0.2) is 18.2 Å². The zero-order valence-electron chi connectivity index (χ0n) is 20.7. The highest BCUT2D eigenvalue weighted by Gasteiger charge is 2.26. The Labute approximate surface area is 212 Å². The van der Waals surface area contributed by atoms with Gasteiger partial charge in [-0.15, -0.1) is 0 Å². The fraction of sp³-hybridized carbons (Fsp3) is 0.520. The number of carbonyl (C=O) groups excluding carboxylic acids is 1. The van der Waals surface area contributed by atoms with Crippen LogP contribution in [0.15, 0.2) is 30.6 Å². The van der Waals surface area contributed by atoms with Gasteiger partial charge in [-0.05, 0) is 57.0 Å². The van der Waals surface area contributed by atoms with Crippen molar-refractivity contribution in [3.63, 3.8) is 0 Å². The van der Waals surface area contributed by atoms with Gasteiger partial charge in [0.05, 0.1) is 28.4 Å². The summed E-state index contributed by atoms with van der Waals surface area (Å²) in [6.45, 7) is 3.25. The lowest BCUT2D eigenvalue weighted by Gasteiger charge is -2.30. The minimum Gasteiger partial charge on any atom is -0.335 e. The second-order valence-corrected chi connectivity index (χ2v) is 12.0. The zero-order chi connectivity index (χ0) is 25.5. The molecular formula is C25H36N7O3S+. The number of carbonyl (C=O) groups is 1. The van der Waals surface area contributed by atoms with Gasteiger partial charge in [0.15, 0.2) is 0 Å². The fourth-order valence-corrected chi connectivity index (χ4v) is 5.97. The molecule has 2 aromatic heterocycles. The van der Waals surface area contributed by atoms with Crippen molar-refractivity contribution >= 4 is 44.5 Å². The monoisotopic (exact) mass is 514 g/mol. The van der Waals surface area contributed by atoms with Crippen molar-refractivity contribution in [1.82, 2.24) is 20.2 Å². The summed E-state index contributed by atoms with van der Waals surface area (Å²) in [5, 5.41) is 15.5. The maximum absolute atomic E-state index is 12.3. The molecule has 0 atom stereocenters. The van der Waals surface area contributed by atoms with E-state index in [9.17, 15) is 13.2 Å². The van der Waals surface area contributed by atoms with Crippen molar-refractivity contribution in [1.29, 1.82) is 5.41 Å². The Hall–Kier alpha value is -2.89. The summed E-state index contributed by atoms with van der Waals surface area (Å²) in [5.41, 5.74) is 2.86. The van der Waals surface area contributed by atoms with Gasteiger partial charge in [-0.3, -0.25) is 15.2 Å². The molecule has 1 saturated heterocycles. The Balaban J connectivity index is 1.33. The molecule has 0 spiro atoms. The molecule has 0 aromatic carbocycles. The minimum absolute atomic E-state index is 0.214. The standard InChI is InChI=1S/C25H35N7O3S/c1-36(34,35)21-8-11-32(12-9-21)13-10-27-16-19(15-26)18-14-23-22(28-17-18)6-7-24(30-23)31-25(33)29-20-4-2-3-5-20/h6-7,14-17,20-21,26-27H,2-5,8-13H2,1H3,(H2,29,30,31,33)/p+1/b19-16+,26-15?. The highest BCUT2D eigenvalue weighted by Crippen LogP contribution is 2.20.